The lowest BCUT2D eigenvalue weighted by Crippen LogP contribution is -2.17. The number of primary amides is 1. The lowest BCUT2D eigenvalue weighted by molar-refractivity contribution is 0.1000. The minimum absolute atomic E-state index is 0.458. The Balaban J connectivity index is 2.27. The molecule has 2 aromatic rings. The molecule has 0 aliphatic heterocycles. The van der Waals surface area contributed by atoms with Crippen molar-refractivity contribution in [3.63, 3.8) is 0 Å². The molecular weight excluding hydrogens is 238 g/mol. The van der Waals surface area contributed by atoms with E-state index in [9.17, 15) is 4.79 Å². The molecule has 1 amide bonds. The summed E-state index contributed by atoms with van der Waals surface area (Å²) in [5.41, 5.74) is 8.70. The molecule has 0 radical (unpaired) electrons. The Hall–Kier alpha value is -2.36. The Kier molecular flexibility index (Phi) is 3.80. The predicted octanol–water partition coefficient (Wildman–Crippen LogP) is 2.41. The van der Waals surface area contributed by atoms with Crippen molar-refractivity contribution in [1.82, 2.24) is 4.98 Å². The first-order valence-electron chi connectivity index (χ1n) is 6.14. The highest BCUT2D eigenvalue weighted by atomic mass is 16.1. The van der Waals surface area contributed by atoms with Crippen molar-refractivity contribution in [2.45, 2.75) is 20.4 Å². The highest BCUT2D eigenvalue weighted by molar-refractivity contribution is 5.99. The summed E-state index contributed by atoms with van der Waals surface area (Å²) in [4.78, 5) is 15.9. The number of nitrogens with two attached hydrogens (primary N) is 1. The van der Waals surface area contributed by atoms with E-state index in [1.807, 2.05) is 50.2 Å². The number of hydrogen-bond donors (Lipinski definition) is 2. The molecule has 0 aliphatic rings. The van der Waals surface area contributed by atoms with Gasteiger partial charge in [0, 0.05) is 12.2 Å². The molecule has 98 valence electrons. The van der Waals surface area contributed by atoms with Crippen LogP contribution < -0.4 is 11.1 Å². The van der Waals surface area contributed by atoms with Gasteiger partial charge in [0.2, 0.25) is 0 Å². The van der Waals surface area contributed by atoms with Gasteiger partial charge in [-0.15, -0.1) is 0 Å². The molecule has 4 nitrogen and oxygen atoms in total. The molecule has 0 saturated heterocycles. The Labute approximate surface area is 112 Å². The van der Waals surface area contributed by atoms with Crippen LogP contribution in [-0.2, 0) is 6.54 Å². The maximum atomic E-state index is 11.5. The molecule has 3 N–H and O–H groups in total. The van der Waals surface area contributed by atoms with Gasteiger partial charge >= 0.3 is 0 Å². The van der Waals surface area contributed by atoms with Gasteiger partial charge in [-0.2, -0.15) is 0 Å². The summed E-state index contributed by atoms with van der Waals surface area (Å²) in [6.45, 7) is 4.37. The highest BCUT2D eigenvalue weighted by Crippen LogP contribution is 2.18. The van der Waals surface area contributed by atoms with Crippen LogP contribution in [0.3, 0.4) is 0 Å². The van der Waals surface area contributed by atoms with Gasteiger partial charge in [0.15, 0.2) is 0 Å². The molecule has 0 saturated carbocycles. The Bertz CT molecular complexity index is 594. The quantitative estimate of drug-likeness (QED) is 0.881. The SMILES string of the molecule is Cc1cc(C)c(C(N)=O)c(NCc2ccccc2)n1. The van der Waals surface area contributed by atoms with Crippen LogP contribution in [-0.4, -0.2) is 10.9 Å². The number of nitrogens with zero attached hydrogens (tertiary/aromatic N) is 1. The number of rotatable bonds is 4. The van der Waals surface area contributed by atoms with Crippen molar-refractivity contribution in [3.8, 4) is 0 Å². The van der Waals surface area contributed by atoms with E-state index in [2.05, 4.69) is 10.3 Å². The van der Waals surface area contributed by atoms with E-state index in [-0.39, 0.29) is 0 Å². The molecule has 0 unspecified atom stereocenters. The summed E-state index contributed by atoms with van der Waals surface area (Å²) < 4.78 is 0. The Morgan fingerprint density at radius 2 is 1.95 bits per heavy atom. The minimum atomic E-state index is -0.458. The minimum Gasteiger partial charge on any atom is -0.365 e. The van der Waals surface area contributed by atoms with Crippen LogP contribution in [0.1, 0.15) is 27.2 Å². The van der Waals surface area contributed by atoms with E-state index in [1.54, 1.807) is 0 Å². The molecule has 2 rings (SSSR count). The van der Waals surface area contributed by atoms with E-state index in [0.717, 1.165) is 16.8 Å². The van der Waals surface area contributed by atoms with Crippen LogP contribution in [0.15, 0.2) is 36.4 Å². The van der Waals surface area contributed by atoms with Crippen LogP contribution in [0.4, 0.5) is 5.82 Å². The third-order valence-electron chi connectivity index (χ3n) is 2.89. The molecule has 19 heavy (non-hydrogen) atoms. The number of pyridine rings is 1. The highest BCUT2D eigenvalue weighted by Gasteiger charge is 2.13. The van der Waals surface area contributed by atoms with E-state index in [4.69, 9.17) is 5.73 Å². The second kappa shape index (κ2) is 5.52. The van der Waals surface area contributed by atoms with Crippen molar-refractivity contribution in [3.05, 3.63) is 58.8 Å². The average molecular weight is 255 g/mol. The fourth-order valence-electron chi connectivity index (χ4n) is 2.06. The number of hydrogen-bond acceptors (Lipinski definition) is 3. The van der Waals surface area contributed by atoms with Gasteiger partial charge < -0.3 is 11.1 Å². The van der Waals surface area contributed by atoms with Crippen LogP contribution in [0.25, 0.3) is 0 Å². The van der Waals surface area contributed by atoms with Gasteiger partial charge in [-0.1, -0.05) is 30.3 Å². The number of anilines is 1. The average Bonchev–Trinajstić information content (AvgIpc) is 2.36. The third-order valence-corrected chi connectivity index (χ3v) is 2.89. The van der Waals surface area contributed by atoms with E-state index >= 15 is 0 Å². The number of aryl methyl sites for hydroxylation is 2. The number of nitrogens with one attached hydrogen (secondary N) is 1. The summed E-state index contributed by atoms with van der Waals surface area (Å²) in [6.07, 6.45) is 0. The van der Waals surface area contributed by atoms with Gasteiger partial charge in [-0.25, -0.2) is 4.98 Å². The first kappa shape index (κ1) is 13.1. The standard InChI is InChI=1S/C15H17N3O/c1-10-8-11(2)18-15(13(10)14(16)19)17-9-12-6-4-3-5-7-12/h3-8H,9H2,1-2H3,(H2,16,19)(H,17,18). The lowest BCUT2D eigenvalue weighted by atomic mass is 10.1. The first-order chi connectivity index (χ1) is 9.08. The zero-order valence-corrected chi connectivity index (χ0v) is 11.1. The van der Waals surface area contributed by atoms with Crippen molar-refractivity contribution in [2.75, 3.05) is 5.32 Å². The van der Waals surface area contributed by atoms with Crippen molar-refractivity contribution in [1.29, 1.82) is 0 Å². The normalized spacial score (nSPS) is 10.2. The van der Waals surface area contributed by atoms with Crippen LogP contribution >= 0.6 is 0 Å². The van der Waals surface area contributed by atoms with Crippen LogP contribution in [0.5, 0.6) is 0 Å². The number of carbonyl (C=O) groups excluding carboxylic acids is 1. The molecule has 0 bridgehead atoms. The zero-order valence-electron chi connectivity index (χ0n) is 11.1. The largest absolute Gasteiger partial charge is 0.365 e. The maximum absolute atomic E-state index is 11.5. The number of carbonyl (C=O) groups is 1. The first-order valence-corrected chi connectivity index (χ1v) is 6.14. The summed E-state index contributed by atoms with van der Waals surface area (Å²) in [6, 6.07) is 11.8. The fourth-order valence-corrected chi connectivity index (χ4v) is 2.06. The maximum Gasteiger partial charge on any atom is 0.252 e. The molecule has 1 heterocycles. The smallest absolute Gasteiger partial charge is 0.252 e. The van der Waals surface area contributed by atoms with Crippen LogP contribution in [0, 0.1) is 13.8 Å². The summed E-state index contributed by atoms with van der Waals surface area (Å²) in [5, 5.41) is 3.18. The summed E-state index contributed by atoms with van der Waals surface area (Å²) in [7, 11) is 0. The van der Waals surface area contributed by atoms with Crippen molar-refractivity contribution < 1.29 is 4.79 Å². The van der Waals surface area contributed by atoms with Gasteiger partial charge in [0.25, 0.3) is 5.91 Å². The summed E-state index contributed by atoms with van der Waals surface area (Å²) >= 11 is 0. The van der Waals surface area contributed by atoms with Gasteiger partial charge in [0.05, 0.1) is 5.56 Å². The predicted molar refractivity (Wildman–Crippen MR) is 76.0 cm³/mol. The fraction of sp³-hybridized carbons (Fsp3) is 0.200. The summed E-state index contributed by atoms with van der Waals surface area (Å²) in [5.74, 6) is 0.0921. The molecule has 1 aromatic carbocycles. The molecular formula is C15H17N3O. The van der Waals surface area contributed by atoms with E-state index in [1.165, 1.54) is 0 Å². The van der Waals surface area contributed by atoms with Crippen LogP contribution in [0.2, 0.25) is 0 Å². The second-order valence-corrected chi connectivity index (χ2v) is 4.51. The van der Waals surface area contributed by atoms with Crippen molar-refractivity contribution in [2.24, 2.45) is 5.73 Å². The molecule has 4 heteroatoms. The van der Waals surface area contributed by atoms with Gasteiger partial charge in [-0.3, -0.25) is 4.79 Å². The Morgan fingerprint density at radius 3 is 2.58 bits per heavy atom. The molecule has 0 spiro atoms. The molecule has 0 atom stereocenters. The van der Waals surface area contributed by atoms with E-state index in [0.29, 0.717) is 17.9 Å². The number of benzene rings is 1. The van der Waals surface area contributed by atoms with Gasteiger partial charge in [0.1, 0.15) is 5.82 Å². The Morgan fingerprint density at radius 1 is 1.26 bits per heavy atom. The molecule has 1 aromatic heterocycles. The second-order valence-electron chi connectivity index (χ2n) is 4.51. The number of aromatic nitrogens is 1. The molecule has 0 aliphatic carbocycles. The van der Waals surface area contributed by atoms with E-state index < -0.39 is 5.91 Å². The number of amides is 1. The van der Waals surface area contributed by atoms with Gasteiger partial charge in [-0.05, 0) is 31.0 Å². The third kappa shape index (κ3) is 3.10. The topological polar surface area (TPSA) is 68.0 Å². The monoisotopic (exact) mass is 255 g/mol. The molecule has 0 fully saturated rings. The zero-order chi connectivity index (χ0) is 13.8. The van der Waals surface area contributed by atoms with Crippen molar-refractivity contribution >= 4 is 11.7 Å². The lowest BCUT2D eigenvalue weighted by Gasteiger charge is -2.12.